The van der Waals surface area contributed by atoms with Gasteiger partial charge in [-0.15, -0.1) is 0 Å². The zero-order chi connectivity index (χ0) is 21.8. The number of amides is 2. The zero-order valence-electron chi connectivity index (χ0n) is 16.9. The van der Waals surface area contributed by atoms with Gasteiger partial charge in [0.2, 0.25) is 0 Å². The van der Waals surface area contributed by atoms with Crippen molar-refractivity contribution in [1.29, 1.82) is 0 Å². The largest absolute Gasteiger partial charge is 0.497 e. The Kier molecular flexibility index (Phi) is 9.12. The van der Waals surface area contributed by atoms with Crippen LogP contribution >= 0.6 is 0 Å². The lowest BCUT2D eigenvalue weighted by atomic mass is 10.1. The van der Waals surface area contributed by atoms with E-state index >= 15 is 0 Å². The van der Waals surface area contributed by atoms with E-state index < -0.39 is 17.8 Å². The molecule has 0 heterocycles. The molecule has 0 spiro atoms. The number of carboxylic acid groups (broad SMARTS) is 1. The third-order valence-electron chi connectivity index (χ3n) is 4.31. The first-order valence-electron chi connectivity index (χ1n) is 9.71. The van der Waals surface area contributed by atoms with Gasteiger partial charge in [0.1, 0.15) is 11.4 Å². The van der Waals surface area contributed by atoms with Gasteiger partial charge in [0.15, 0.2) is 0 Å². The summed E-state index contributed by atoms with van der Waals surface area (Å²) >= 11 is 0. The van der Waals surface area contributed by atoms with Crippen molar-refractivity contribution in [3.63, 3.8) is 0 Å². The van der Waals surface area contributed by atoms with Crippen molar-refractivity contribution < 1.29 is 24.2 Å². The quantitative estimate of drug-likeness (QED) is 0.390. The third-order valence-corrected chi connectivity index (χ3v) is 4.31. The molecule has 7 heteroatoms. The first-order valence-corrected chi connectivity index (χ1v) is 9.71. The number of rotatable bonds is 11. The third kappa shape index (κ3) is 7.79. The Bertz CT molecular complexity index is 876. The molecule has 0 atom stereocenters. The van der Waals surface area contributed by atoms with Gasteiger partial charge < -0.3 is 20.5 Å². The SMILES string of the molecule is COc1ccc(C(=O)NC(=Cc2ccccc2)C(=O)NCCCCCC(=O)O)cc1. The Morgan fingerprint density at radius 2 is 1.67 bits per heavy atom. The molecule has 0 saturated carbocycles. The van der Waals surface area contributed by atoms with Gasteiger partial charge in [-0.2, -0.15) is 0 Å². The van der Waals surface area contributed by atoms with Gasteiger partial charge in [-0.3, -0.25) is 14.4 Å². The normalized spacial score (nSPS) is 10.9. The topological polar surface area (TPSA) is 105 Å². The average molecular weight is 410 g/mol. The molecule has 3 N–H and O–H groups in total. The summed E-state index contributed by atoms with van der Waals surface area (Å²) in [5, 5.41) is 14.1. The van der Waals surface area contributed by atoms with Crippen molar-refractivity contribution >= 4 is 23.9 Å². The van der Waals surface area contributed by atoms with E-state index in [0.717, 1.165) is 5.56 Å². The Morgan fingerprint density at radius 3 is 2.30 bits per heavy atom. The van der Waals surface area contributed by atoms with E-state index in [2.05, 4.69) is 10.6 Å². The Balaban J connectivity index is 2.03. The van der Waals surface area contributed by atoms with Crippen molar-refractivity contribution in [3.8, 4) is 5.75 Å². The first kappa shape index (κ1) is 22.7. The average Bonchev–Trinajstić information content (AvgIpc) is 2.76. The maximum absolute atomic E-state index is 12.6. The molecule has 2 rings (SSSR count). The van der Waals surface area contributed by atoms with Crippen molar-refractivity contribution in [2.24, 2.45) is 0 Å². The molecule has 0 radical (unpaired) electrons. The smallest absolute Gasteiger partial charge is 0.303 e. The molecule has 0 bridgehead atoms. The summed E-state index contributed by atoms with van der Waals surface area (Å²) in [7, 11) is 1.54. The highest BCUT2D eigenvalue weighted by Gasteiger charge is 2.14. The van der Waals surface area contributed by atoms with Crippen LogP contribution < -0.4 is 15.4 Å². The fraction of sp³-hybridized carbons (Fsp3) is 0.261. The number of nitrogens with one attached hydrogen (secondary N) is 2. The number of hydrogen-bond acceptors (Lipinski definition) is 4. The molecule has 0 saturated heterocycles. The Labute approximate surface area is 175 Å². The summed E-state index contributed by atoms with van der Waals surface area (Å²) in [6, 6.07) is 15.8. The van der Waals surface area contributed by atoms with E-state index in [1.165, 1.54) is 0 Å². The number of aliphatic carboxylic acids is 1. The summed E-state index contributed by atoms with van der Waals surface area (Å²) in [5.74, 6) is -1.00. The van der Waals surface area contributed by atoms with Crippen LogP contribution in [0.15, 0.2) is 60.3 Å². The monoisotopic (exact) mass is 410 g/mol. The van der Waals surface area contributed by atoms with E-state index in [4.69, 9.17) is 9.84 Å². The molecule has 0 aromatic heterocycles. The minimum atomic E-state index is -0.826. The summed E-state index contributed by atoms with van der Waals surface area (Å²) < 4.78 is 5.09. The Hall–Kier alpha value is -3.61. The summed E-state index contributed by atoms with van der Waals surface area (Å²) in [6.45, 7) is 0.392. The van der Waals surface area contributed by atoms with Crippen LogP contribution in [-0.2, 0) is 9.59 Å². The second-order valence-corrected chi connectivity index (χ2v) is 6.61. The van der Waals surface area contributed by atoms with E-state index in [-0.39, 0.29) is 12.1 Å². The summed E-state index contributed by atoms with van der Waals surface area (Å²) in [4.78, 5) is 35.8. The van der Waals surface area contributed by atoms with Crippen LogP contribution in [0.25, 0.3) is 6.08 Å². The number of ether oxygens (including phenoxy) is 1. The van der Waals surface area contributed by atoms with Gasteiger partial charge in [-0.1, -0.05) is 36.8 Å². The van der Waals surface area contributed by atoms with Crippen molar-refractivity contribution in [1.82, 2.24) is 10.6 Å². The van der Waals surface area contributed by atoms with Crippen LogP contribution in [0.5, 0.6) is 5.75 Å². The molecule has 30 heavy (non-hydrogen) atoms. The van der Waals surface area contributed by atoms with Crippen molar-refractivity contribution in [2.75, 3.05) is 13.7 Å². The van der Waals surface area contributed by atoms with E-state index in [1.807, 2.05) is 30.3 Å². The lowest BCUT2D eigenvalue weighted by Crippen LogP contribution is -2.35. The van der Waals surface area contributed by atoms with Crippen LogP contribution in [-0.4, -0.2) is 36.5 Å². The number of unbranched alkanes of at least 4 members (excludes halogenated alkanes) is 2. The maximum atomic E-state index is 12.6. The number of carbonyl (C=O) groups is 3. The number of carboxylic acids is 1. The molecular weight excluding hydrogens is 384 g/mol. The van der Waals surface area contributed by atoms with E-state index in [0.29, 0.717) is 37.1 Å². The summed E-state index contributed by atoms with van der Waals surface area (Å²) in [6.07, 6.45) is 3.64. The summed E-state index contributed by atoms with van der Waals surface area (Å²) in [5.41, 5.74) is 1.31. The highest BCUT2D eigenvalue weighted by atomic mass is 16.5. The lowest BCUT2D eigenvalue weighted by molar-refractivity contribution is -0.137. The Morgan fingerprint density at radius 1 is 0.967 bits per heavy atom. The number of methoxy groups -OCH3 is 1. The lowest BCUT2D eigenvalue weighted by Gasteiger charge is -2.11. The van der Waals surface area contributed by atoms with Gasteiger partial charge >= 0.3 is 5.97 Å². The van der Waals surface area contributed by atoms with Gasteiger partial charge in [0.25, 0.3) is 11.8 Å². The standard InChI is InChI=1S/C23H26N2O5/c1-30-19-13-11-18(12-14-19)22(28)25-20(16-17-8-4-2-5-9-17)23(29)24-15-7-3-6-10-21(26)27/h2,4-5,8-9,11-14,16H,3,6-7,10,15H2,1H3,(H,24,29)(H,25,28)(H,26,27). The fourth-order valence-corrected chi connectivity index (χ4v) is 2.69. The molecule has 0 aliphatic heterocycles. The predicted molar refractivity (Wildman–Crippen MR) is 114 cm³/mol. The molecule has 7 nitrogen and oxygen atoms in total. The maximum Gasteiger partial charge on any atom is 0.303 e. The molecule has 2 aromatic carbocycles. The van der Waals surface area contributed by atoms with Gasteiger partial charge in [-0.25, -0.2) is 0 Å². The van der Waals surface area contributed by atoms with Crippen LogP contribution in [0.1, 0.15) is 41.6 Å². The minimum absolute atomic E-state index is 0.116. The van der Waals surface area contributed by atoms with Gasteiger partial charge in [-0.05, 0) is 48.7 Å². The first-order chi connectivity index (χ1) is 14.5. The second kappa shape index (κ2) is 12.1. The highest BCUT2D eigenvalue weighted by molar-refractivity contribution is 6.05. The van der Waals surface area contributed by atoms with Crippen LogP contribution in [0.3, 0.4) is 0 Å². The van der Waals surface area contributed by atoms with Crippen LogP contribution in [0.2, 0.25) is 0 Å². The number of carbonyl (C=O) groups excluding carboxylic acids is 2. The van der Waals surface area contributed by atoms with Crippen LogP contribution in [0.4, 0.5) is 0 Å². The zero-order valence-corrected chi connectivity index (χ0v) is 16.9. The van der Waals surface area contributed by atoms with Gasteiger partial charge in [0.05, 0.1) is 7.11 Å². The predicted octanol–water partition coefficient (Wildman–Crippen LogP) is 3.23. The van der Waals surface area contributed by atoms with Gasteiger partial charge in [0, 0.05) is 18.5 Å². The number of hydrogen-bond donors (Lipinski definition) is 3. The van der Waals surface area contributed by atoms with Crippen molar-refractivity contribution in [2.45, 2.75) is 25.7 Å². The fourth-order valence-electron chi connectivity index (χ4n) is 2.69. The van der Waals surface area contributed by atoms with Crippen LogP contribution in [0, 0.1) is 0 Å². The molecular formula is C23H26N2O5. The molecule has 158 valence electrons. The minimum Gasteiger partial charge on any atom is -0.497 e. The molecule has 0 aliphatic carbocycles. The molecule has 2 amide bonds. The van der Waals surface area contributed by atoms with Crippen molar-refractivity contribution in [3.05, 3.63) is 71.4 Å². The molecule has 2 aromatic rings. The second-order valence-electron chi connectivity index (χ2n) is 6.61. The molecule has 0 unspecified atom stereocenters. The highest BCUT2D eigenvalue weighted by Crippen LogP contribution is 2.12. The van der Waals surface area contributed by atoms with E-state index in [1.54, 1.807) is 37.5 Å². The molecule has 0 fully saturated rings. The number of benzene rings is 2. The van der Waals surface area contributed by atoms with E-state index in [9.17, 15) is 14.4 Å². The molecule has 0 aliphatic rings.